The Bertz CT molecular complexity index is 1830. The van der Waals surface area contributed by atoms with Crippen LogP contribution in [-0.4, -0.2) is 14.5 Å². The average molecular weight is 448 g/mol. The van der Waals surface area contributed by atoms with Crippen molar-refractivity contribution in [3.63, 3.8) is 0 Å². The molecule has 0 aliphatic carbocycles. The molecule has 0 saturated heterocycles. The number of aromatic nitrogens is 3. The quantitative estimate of drug-likeness (QED) is 0.256. The highest BCUT2D eigenvalue weighted by molar-refractivity contribution is 6.12. The Hall–Kier alpha value is -4.76. The molecule has 2 aromatic heterocycles. The first kappa shape index (κ1) is 19.7. The van der Waals surface area contributed by atoms with Gasteiger partial charge in [-0.05, 0) is 52.9 Å². The third-order valence-corrected chi connectivity index (χ3v) is 6.64. The number of fused-ring (bicyclic) bond motifs is 4. The van der Waals surface area contributed by atoms with Crippen molar-refractivity contribution < 1.29 is 0 Å². The Kier molecular flexibility index (Phi) is 4.46. The summed E-state index contributed by atoms with van der Waals surface area (Å²) < 4.78 is 2.24. The van der Waals surface area contributed by atoms with Crippen LogP contribution in [0.15, 0.2) is 128 Å². The molecule has 0 spiro atoms. The lowest BCUT2D eigenvalue weighted by atomic mass is 9.95. The van der Waals surface area contributed by atoms with E-state index in [4.69, 9.17) is 4.98 Å². The number of pyridine rings is 1. The largest absolute Gasteiger partial charge is 0.292 e. The third kappa shape index (κ3) is 3.21. The molecule has 0 radical (unpaired) electrons. The van der Waals surface area contributed by atoms with Gasteiger partial charge in [-0.1, -0.05) is 84.9 Å². The van der Waals surface area contributed by atoms with Gasteiger partial charge in [0.25, 0.3) is 0 Å². The minimum atomic E-state index is 0.941. The topological polar surface area (TPSA) is 30.7 Å². The van der Waals surface area contributed by atoms with Crippen molar-refractivity contribution in [2.75, 3.05) is 0 Å². The van der Waals surface area contributed by atoms with E-state index in [1.807, 2.05) is 24.4 Å². The Labute approximate surface area is 203 Å². The van der Waals surface area contributed by atoms with E-state index < -0.39 is 0 Å². The van der Waals surface area contributed by atoms with Gasteiger partial charge in [-0.25, -0.2) is 4.98 Å². The molecule has 2 heterocycles. The Morgan fingerprint density at radius 1 is 0.571 bits per heavy atom. The van der Waals surface area contributed by atoms with Crippen molar-refractivity contribution in [2.45, 2.75) is 0 Å². The first-order valence-electron chi connectivity index (χ1n) is 11.8. The van der Waals surface area contributed by atoms with E-state index in [2.05, 4.69) is 113 Å². The summed E-state index contributed by atoms with van der Waals surface area (Å²) in [6.07, 6.45) is 1.86. The first-order chi connectivity index (χ1) is 17.4. The molecular formula is C32H21N3. The summed E-state index contributed by atoms with van der Waals surface area (Å²) in [6, 6.07) is 42.4. The van der Waals surface area contributed by atoms with Crippen LogP contribution >= 0.6 is 0 Å². The SMILES string of the molecule is c1ccc(-n2c(-c3ccc(-c4cc5cccnc5c5ccccc45)cc3)nc3ccccc32)cc1. The van der Waals surface area contributed by atoms with E-state index in [1.165, 1.54) is 21.9 Å². The summed E-state index contributed by atoms with van der Waals surface area (Å²) in [5.74, 6) is 0.941. The average Bonchev–Trinajstić information content (AvgIpc) is 3.33. The fourth-order valence-corrected chi connectivity index (χ4v) is 5.01. The number of rotatable bonds is 3. The Morgan fingerprint density at radius 3 is 2.14 bits per heavy atom. The van der Waals surface area contributed by atoms with Gasteiger partial charge in [-0.3, -0.25) is 9.55 Å². The van der Waals surface area contributed by atoms with Crippen molar-refractivity contribution in [1.29, 1.82) is 0 Å². The van der Waals surface area contributed by atoms with Gasteiger partial charge in [0.1, 0.15) is 5.82 Å². The van der Waals surface area contributed by atoms with E-state index in [0.717, 1.165) is 39.0 Å². The highest BCUT2D eigenvalue weighted by Crippen LogP contribution is 2.35. The molecule has 0 N–H and O–H groups in total. The number of para-hydroxylation sites is 3. The molecule has 0 unspecified atom stereocenters. The molecule has 7 rings (SSSR count). The molecule has 3 heteroatoms. The predicted octanol–water partition coefficient (Wildman–Crippen LogP) is 8.06. The van der Waals surface area contributed by atoms with Crippen molar-refractivity contribution >= 4 is 32.7 Å². The van der Waals surface area contributed by atoms with Crippen molar-refractivity contribution in [1.82, 2.24) is 14.5 Å². The normalized spacial score (nSPS) is 11.4. The van der Waals surface area contributed by atoms with E-state index >= 15 is 0 Å². The van der Waals surface area contributed by atoms with Crippen LogP contribution in [-0.2, 0) is 0 Å². The maximum Gasteiger partial charge on any atom is 0.145 e. The second-order valence-electron chi connectivity index (χ2n) is 8.72. The van der Waals surface area contributed by atoms with Gasteiger partial charge in [0, 0.05) is 28.2 Å². The number of benzene rings is 5. The molecule has 3 nitrogen and oxygen atoms in total. The molecule has 7 aromatic rings. The highest BCUT2D eigenvalue weighted by Gasteiger charge is 2.15. The van der Waals surface area contributed by atoms with E-state index in [-0.39, 0.29) is 0 Å². The zero-order valence-electron chi connectivity index (χ0n) is 19.0. The summed E-state index contributed by atoms with van der Waals surface area (Å²) >= 11 is 0. The zero-order chi connectivity index (χ0) is 23.2. The summed E-state index contributed by atoms with van der Waals surface area (Å²) in [6.45, 7) is 0. The van der Waals surface area contributed by atoms with Gasteiger partial charge in [-0.15, -0.1) is 0 Å². The van der Waals surface area contributed by atoms with Crippen LogP contribution in [0, 0.1) is 0 Å². The van der Waals surface area contributed by atoms with E-state index in [9.17, 15) is 0 Å². The number of hydrogen-bond donors (Lipinski definition) is 0. The lowest BCUT2D eigenvalue weighted by molar-refractivity contribution is 1.10. The van der Waals surface area contributed by atoms with Crippen LogP contribution in [0.25, 0.3) is 60.9 Å². The van der Waals surface area contributed by atoms with Crippen LogP contribution in [0.4, 0.5) is 0 Å². The van der Waals surface area contributed by atoms with Gasteiger partial charge in [0.05, 0.1) is 16.6 Å². The fourth-order valence-electron chi connectivity index (χ4n) is 5.01. The number of imidazole rings is 1. The minimum absolute atomic E-state index is 0.941. The van der Waals surface area contributed by atoms with Crippen LogP contribution in [0.1, 0.15) is 0 Å². The van der Waals surface area contributed by atoms with Crippen molar-refractivity contribution in [3.8, 4) is 28.2 Å². The zero-order valence-corrected chi connectivity index (χ0v) is 19.0. The molecular weight excluding hydrogens is 426 g/mol. The van der Waals surface area contributed by atoms with Crippen molar-refractivity contribution in [3.05, 3.63) is 128 Å². The maximum atomic E-state index is 5.01. The third-order valence-electron chi connectivity index (χ3n) is 6.64. The van der Waals surface area contributed by atoms with E-state index in [0.29, 0.717) is 0 Å². The van der Waals surface area contributed by atoms with Crippen molar-refractivity contribution in [2.24, 2.45) is 0 Å². The number of nitrogens with zero attached hydrogens (tertiary/aromatic N) is 3. The molecule has 0 aliphatic rings. The summed E-state index contributed by atoms with van der Waals surface area (Å²) in [4.78, 5) is 9.65. The minimum Gasteiger partial charge on any atom is -0.292 e. The summed E-state index contributed by atoms with van der Waals surface area (Å²) in [7, 11) is 0. The van der Waals surface area contributed by atoms with Crippen LogP contribution < -0.4 is 0 Å². The molecule has 0 saturated carbocycles. The molecule has 0 fully saturated rings. The van der Waals surface area contributed by atoms with Gasteiger partial charge < -0.3 is 0 Å². The molecule has 35 heavy (non-hydrogen) atoms. The summed E-state index contributed by atoms with van der Waals surface area (Å²) in [5, 5.41) is 3.54. The lowest BCUT2D eigenvalue weighted by Gasteiger charge is -2.12. The second-order valence-corrected chi connectivity index (χ2v) is 8.72. The lowest BCUT2D eigenvalue weighted by Crippen LogP contribution is -1.97. The number of hydrogen-bond acceptors (Lipinski definition) is 2. The summed E-state index contributed by atoms with van der Waals surface area (Å²) in [5.41, 5.74) is 7.71. The molecule has 0 amide bonds. The first-order valence-corrected chi connectivity index (χ1v) is 11.8. The molecule has 0 bridgehead atoms. The second kappa shape index (κ2) is 7.93. The van der Waals surface area contributed by atoms with Crippen LogP contribution in [0.2, 0.25) is 0 Å². The van der Waals surface area contributed by atoms with Crippen LogP contribution in [0.3, 0.4) is 0 Å². The van der Waals surface area contributed by atoms with Gasteiger partial charge in [-0.2, -0.15) is 0 Å². The fraction of sp³-hybridized carbons (Fsp3) is 0. The van der Waals surface area contributed by atoms with E-state index in [1.54, 1.807) is 0 Å². The molecule has 164 valence electrons. The monoisotopic (exact) mass is 447 g/mol. The van der Waals surface area contributed by atoms with Crippen LogP contribution in [0.5, 0.6) is 0 Å². The Morgan fingerprint density at radius 2 is 1.29 bits per heavy atom. The van der Waals surface area contributed by atoms with Gasteiger partial charge in [0.15, 0.2) is 0 Å². The Balaban J connectivity index is 1.40. The maximum absolute atomic E-state index is 5.01. The van der Waals surface area contributed by atoms with Gasteiger partial charge >= 0.3 is 0 Å². The predicted molar refractivity (Wildman–Crippen MR) is 145 cm³/mol. The smallest absolute Gasteiger partial charge is 0.145 e. The molecule has 0 atom stereocenters. The molecule has 0 aliphatic heterocycles. The van der Waals surface area contributed by atoms with Gasteiger partial charge in [0.2, 0.25) is 0 Å². The molecule has 5 aromatic carbocycles. The standard InChI is InChI=1S/C32H21N3/c1-2-10-25(11-3-1)35-30-15-7-6-14-29(30)34-32(35)23-18-16-22(17-19-23)28-21-24-9-8-20-33-31(24)27-13-5-4-12-26(27)28/h1-21H. The highest BCUT2D eigenvalue weighted by atomic mass is 15.1.